The predicted molar refractivity (Wildman–Crippen MR) is 61.4 cm³/mol. The van der Waals surface area contributed by atoms with E-state index >= 15 is 0 Å². The summed E-state index contributed by atoms with van der Waals surface area (Å²) in [4.78, 5) is 11.0. The van der Waals surface area contributed by atoms with Crippen LogP contribution in [0.25, 0.3) is 0 Å². The predicted octanol–water partition coefficient (Wildman–Crippen LogP) is 2.19. The van der Waals surface area contributed by atoms with Crippen LogP contribution in [-0.4, -0.2) is 14.3 Å². The van der Waals surface area contributed by atoms with Crippen molar-refractivity contribution in [2.45, 2.75) is 4.90 Å². The number of para-hydroxylation sites is 1. The zero-order valence-electron chi connectivity index (χ0n) is 8.96. The molecule has 0 bridgehead atoms. The third-order valence-corrected chi connectivity index (χ3v) is 3.02. The van der Waals surface area contributed by atoms with Gasteiger partial charge in [-0.05, 0) is 24.3 Å². The van der Waals surface area contributed by atoms with Crippen molar-refractivity contribution in [1.29, 1.82) is 0 Å². The van der Waals surface area contributed by atoms with Crippen LogP contribution in [-0.2, 0) is 10.2 Å². The van der Waals surface area contributed by atoms with Crippen molar-refractivity contribution in [1.82, 2.24) is 0 Å². The fourth-order valence-corrected chi connectivity index (χ4v) is 2.00. The molecule has 5 nitrogen and oxygen atoms in total. The lowest BCUT2D eigenvalue weighted by atomic mass is 10.3. The van der Waals surface area contributed by atoms with Gasteiger partial charge in [0.1, 0.15) is 4.90 Å². The van der Waals surface area contributed by atoms with Crippen molar-refractivity contribution in [2.75, 3.05) is 5.32 Å². The molecule has 0 radical (unpaired) electrons. The minimum atomic E-state index is -4.89. The van der Waals surface area contributed by atoms with E-state index in [4.69, 9.17) is 4.42 Å². The van der Waals surface area contributed by atoms with Crippen molar-refractivity contribution in [2.24, 2.45) is 0 Å². The van der Waals surface area contributed by atoms with Gasteiger partial charge in [-0.3, -0.25) is 4.79 Å². The fraction of sp³-hybridized carbons (Fsp3) is 0. The number of furan rings is 1. The molecule has 1 heterocycles. The first-order valence-electron chi connectivity index (χ1n) is 4.87. The molecule has 1 amide bonds. The van der Waals surface area contributed by atoms with E-state index in [1.165, 1.54) is 36.6 Å². The maximum absolute atomic E-state index is 13.0. The smallest absolute Gasteiger partial charge is 0.334 e. The summed E-state index contributed by atoms with van der Waals surface area (Å²) < 4.78 is 39.6. The number of benzene rings is 1. The maximum atomic E-state index is 13.0. The lowest BCUT2D eigenvalue weighted by Gasteiger charge is -2.06. The van der Waals surface area contributed by atoms with Gasteiger partial charge in [-0.25, -0.2) is 0 Å². The van der Waals surface area contributed by atoms with E-state index < -0.39 is 21.0 Å². The van der Waals surface area contributed by atoms with Gasteiger partial charge in [-0.2, -0.15) is 8.42 Å². The highest BCUT2D eigenvalue weighted by Gasteiger charge is 2.19. The molecule has 18 heavy (non-hydrogen) atoms. The lowest BCUT2D eigenvalue weighted by molar-refractivity contribution is 0.0996. The Labute approximate surface area is 102 Å². The highest BCUT2D eigenvalue weighted by molar-refractivity contribution is 7.86. The largest absolute Gasteiger partial charge is 0.459 e. The summed E-state index contributed by atoms with van der Waals surface area (Å²) in [6, 6.07) is 8.09. The number of carbonyl (C=O) groups excluding carboxylic acids is 1. The van der Waals surface area contributed by atoms with Crippen molar-refractivity contribution >= 4 is 21.8 Å². The van der Waals surface area contributed by atoms with Gasteiger partial charge in [0.15, 0.2) is 5.76 Å². The summed E-state index contributed by atoms with van der Waals surface area (Å²) in [7, 11) is -4.89. The Morgan fingerprint density at radius 1 is 1.17 bits per heavy atom. The van der Waals surface area contributed by atoms with Crippen molar-refractivity contribution in [3.05, 3.63) is 48.4 Å². The number of hydrogen-bond acceptors (Lipinski definition) is 4. The molecular formula is C11H8FNO4S. The van der Waals surface area contributed by atoms with Gasteiger partial charge in [0, 0.05) is 0 Å². The molecule has 94 valence electrons. The van der Waals surface area contributed by atoms with E-state index in [1.54, 1.807) is 0 Å². The third-order valence-electron chi connectivity index (χ3n) is 2.14. The van der Waals surface area contributed by atoms with Crippen LogP contribution < -0.4 is 5.32 Å². The molecule has 0 unspecified atom stereocenters. The van der Waals surface area contributed by atoms with Gasteiger partial charge in [0.05, 0.1) is 12.0 Å². The second kappa shape index (κ2) is 4.61. The first-order chi connectivity index (χ1) is 8.48. The molecular weight excluding hydrogens is 261 g/mol. The van der Waals surface area contributed by atoms with Crippen LogP contribution in [0, 0.1) is 0 Å². The number of anilines is 1. The van der Waals surface area contributed by atoms with Crippen molar-refractivity contribution in [3.8, 4) is 0 Å². The monoisotopic (exact) mass is 269 g/mol. The number of rotatable bonds is 3. The van der Waals surface area contributed by atoms with E-state index in [2.05, 4.69) is 5.32 Å². The quantitative estimate of drug-likeness (QED) is 0.866. The molecule has 0 spiro atoms. The highest BCUT2D eigenvalue weighted by atomic mass is 32.3. The molecule has 1 aromatic heterocycles. The Morgan fingerprint density at radius 2 is 1.89 bits per heavy atom. The maximum Gasteiger partial charge on any atom is 0.334 e. The topological polar surface area (TPSA) is 76.4 Å². The Kier molecular flexibility index (Phi) is 3.15. The summed E-state index contributed by atoms with van der Waals surface area (Å²) >= 11 is 0. The molecule has 1 N–H and O–H groups in total. The molecule has 2 aromatic rings. The summed E-state index contributed by atoms with van der Waals surface area (Å²) in [6.07, 6.45) is 1.30. The average Bonchev–Trinajstić information content (AvgIpc) is 2.81. The summed E-state index contributed by atoms with van der Waals surface area (Å²) in [5.74, 6) is -0.655. The lowest BCUT2D eigenvalue weighted by Crippen LogP contribution is -2.13. The first kappa shape index (κ1) is 12.3. The summed E-state index contributed by atoms with van der Waals surface area (Å²) in [5, 5.41) is 2.27. The van der Waals surface area contributed by atoms with Crippen LogP contribution in [0.5, 0.6) is 0 Å². The molecule has 0 aliphatic heterocycles. The number of carbonyl (C=O) groups is 1. The zero-order valence-corrected chi connectivity index (χ0v) is 9.78. The van der Waals surface area contributed by atoms with Gasteiger partial charge in [0.25, 0.3) is 5.91 Å². The van der Waals surface area contributed by atoms with Crippen LogP contribution in [0.15, 0.2) is 52.0 Å². The second-order valence-corrected chi connectivity index (χ2v) is 4.68. The van der Waals surface area contributed by atoms with E-state index in [0.29, 0.717) is 0 Å². The Hall–Kier alpha value is -2.15. The third kappa shape index (κ3) is 2.57. The first-order valence-corrected chi connectivity index (χ1v) is 6.25. The van der Waals surface area contributed by atoms with Crippen LogP contribution in [0.2, 0.25) is 0 Å². The SMILES string of the molecule is O=C(Nc1ccccc1S(=O)(=O)F)c1ccco1. The molecule has 0 fully saturated rings. The minimum Gasteiger partial charge on any atom is -0.459 e. The van der Waals surface area contributed by atoms with Crippen LogP contribution in [0.1, 0.15) is 10.6 Å². The Morgan fingerprint density at radius 3 is 2.50 bits per heavy atom. The Balaban J connectivity index is 2.33. The molecule has 0 atom stereocenters. The number of halogens is 1. The van der Waals surface area contributed by atoms with E-state index in [1.807, 2.05) is 0 Å². The van der Waals surface area contributed by atoms with Crippen LogP contribution in [0.4, 0.5) is 9.57 Å². The van der Waals surface area contributed by atoms with Gasteiger partial charge in [0.2, 0.25) is 0 Å². The van der Waals surface area contributed by atoms with Gasteiger partial charge in [-0.15, -0.1) is 3.89 Å². The van der Waals surface area contributed by atoms with Gasteiger partial charge >= 0.3 is 10.2 Å². The fourth-order valence-electron chi connectivity index (χ4n) is 1.37. The molecule has 0 aliphatic carbocycles. The number of nitrogens with one attached hydrogen (secondary N) is 1. The van der Waals surface area contributed by atoms with Crippen molar-refractivity contribution in [3.63, 3.8) is 0 Å². The van der Waals surface area contributed by atoms with Gasteiger partial charge < -0.3 is 9.73 Å². The van der Waals surface area contributed by atoms with E-state index in [9.17, 15) is 17.1 Å². The van der Waals surface area contributed by atoms with E-state index in [0.717, 1.165) is 6.07 Å². The minimum absolute atomic E-state index is 0.000981. The average molecular weight is 269 g/mol. The Bertz CT molecular complexity index is 664. The van der Waals surface area contributed by atoms with Crippen LogP contribution in [0.3, 0.4) is 0 Å². The normalized spacial score (nSPS) is 11.2. The summed E-state index contributed by atoms with van der Waals surface area (Å²) in [6.45, 7) is 0. The number of amides is 1. The molecule has 0 saturated heterocycles. The molecule has 0 aliphatic rings. The zero-order chi connectivity index (χ0) is 13.2. The summed E-state index contributed by atoms with van der Waals surface area (Å²) in [5.41, 5.74) is -0.138. The van der Waals surface area contributed by atoms with E-state index in [-0.39, 0.29) is 11.4 Å². The highest BCUT2D eigenvalue weighted by Crippen LogP contribution is 2.23. The van der Waals surface area contributed by atoms with Gasteiger partial charge in [-0.1, -0.05) is 12.1 Å². The molecule has 1 aromatic carbocycles. The van der Waals surface area contributed by atoms with Crippen molar-refractivity contribution < 1.29 is 21.5 Å². The standard InChI is InChI=1S/C11H8FNO4S/c12-18(15,16)10-6-2-1-4-8(10)13-11(14)9-5-3-7-17-9/h1-7H,(H,13,14). The molecule has 7 heteroatoms. The molecule has 2 rings (SSSR count). The number of hydrogen-bond donors (Lipinski definition) is 1. The molecule has 0 saturated carbocycles. The van der Waals surface area contributed by atoms with Crippen LogP contribution >= 0.6 is 0 Å². The second-order valence-electron chi connectivity index (χ2n) is 3.37.